The van der Waals surface area contributed by atoms with Gasteiger partial charge in [-0.25, -0.2) is 0 Å². The lowest BCUT2D eigenvalue weighted by atomic mass is 10.1. The van der Waals surface area contributed by atoms with Crippen LogP contribution in [0.4, 0.5) is 0 Å². The number of hydrogen-bond donors (Lipinski definition) is 1. The van der Waals surface area contributed by atoms with Gasteiger partial charge in [-0.1, -0.05) is 24.3 Å². The number of likely N-dealkylation sites (N-methyl/N-ethyl adjacent to an activating group) is 1. The smallest absolute Gasteiger partial charge is 0.134 e. The van der Waals surface area contributed by atoms with E-state index >= 15 is 0 Å². The summed E-state index contributed by atoms with van der Waals surface area (Å²) in [6, 6.07) is 14.5. The number of furan rings is 1. The van der Waals surface area contributed by atoms with Crippen LogP contribution in [0.2, 0.25) is 0 Å². The Morgan fingerprint density at radius 1 is 1.20 bits per heavy atom. The highest BCUT2D eigenvalue weighted by Crippen LogP contribution is 2.25. The van der Waals surface area contributed by atoms with Crippen molar-refractivity contribution in [3.05, 3.63) is 65.7 Å². The van der Waals surface area contributed by atoms with Crippen LogP contribution < -0.4 is 5.32 Å². The van der Waals surface area contributed by atoms with Crippen LogP contribution in [0.1, 0.15) is 23.1 Å². The third-order valence-electron chi connectivity index (χ3n) is 3.52. The molecule has 1 unspecified atom stereocenters. The van der Waals surface area contributed by atoms with Gasteiger partial charge in [-0.15, -0.1) is 0 Å². The lowest BCUT2D eigenvalue weighted by Crippen LogP contribution is -2.18. The molecule has 0 saturated carbocycles. The molecule has 3 nitrogen and oxygen atoms in total. The molecule has 0 radical (unpaired) electrons. The fourth-order valence-electron chi connectivity index (χ4n) is 2.35. The van der Waals surface area contributed by atoms with Crippen molar-refractivity contribution >= 4 is 11.0 Å². The molecule has 2 heterocycles. The van der Waals surface area contributed by atoms with Crippen molar-refractivity contribution in [1.29, 1.82) is 0 Å². The summed E-state index contributed by atoms with van der Waals surface area (Å²) in [6.45, 7) is 2.05. The molecule has 0 saturated heterocycles. The predicted octanol–water partition coefficient (Wildman–Crippen LogP) is 3.64. The number of para-hydroxylation sites is 1. The van der Waals surface area contributed by atoms with Crippen LogP contribution in [0.3, 0.4) is 0 Å². The van der Waals surface area contributed by atoms with Gasteiger partial charge in [0, 0.05) is 23.7 Å². The topological polar surface area (TPSA) is 38.1 Å². The van der Waals surface area contributed by atoms with Crippen molar-refractivity contribution in [1.82, 2.24) is 10.3 Å². The predicted molar refractivity (Wildman–Crippen MR) is 80.7 cm³/mol. The van der Waals surface area contributed by atoms with Gasteiger partial charge in [0.2, 0.25) is 0 Å². The standard InChI is InChI=1S/C17H18N2O/c1-12-7-8-14(19-11-12)10-15(18-2)17-9-13-5-3-4-6-16(13)20-17/h3-9,11,15,18H,10H2,1-2H3. The molecule has 0 amide bonds. The Hall–Kier alpha value is -2.13. The van der Waals surface area contributed by atoms with Crippen LogP contribution in [0.25, 0.3) is 11.0 Å². The second kappa shape index (κ2) is 5.47. The average Bonchev–Trinajstić information content (AvgIpc) is 2.90. The summed E-state index contributed by atoms with van der Waals surface area (Å²) in [5.74, 6) is 0.955. The fourth-order valence-corrected chi connectivity index (χ4v) is 2.35. The third kappa shape index (κ3) is 2.58. The first-order chi connectivity index (χ1) is 9.76. The van der Waals surface area contributed by atoms with Gasteiger partial charge in [0.05, 0.1) is 6.04 Å². The first kappa shape index (κ1) is 12.9. The normalized spacial score (nSPS) is 12.7. The van der Waals surface area contributed by atoms with E-state index < -0.39 is 0 Å². The molecule has 20 heavy (non-hydrogen) atoms. The van der Waals surface area contributed by atoms with E-state index in [0.717, 1.165) is 28.8 Å². The number of rotatable bonds is 4. The molecule has 102 valence electrons. The lowest BCUT2D eigenvalue weighted by Gasteiger charge is -2.13. The van der Waals surface area contributed by atoms with E-state index in [4.69, 9.17) is 4.42 Å². The zero-order valence-corrected chi connectivity index (χ0v) is 11.8. The molecule has 1 aromatic carbocycles. The van der Waals surface area contributed by atoms with E-state index in [1.54, 1.807) is 0 Å². The summed E-state index contributed by atoms with van der Waals surface area (Å²) >= 11 is 0. The SMILES string of the molecule is CNC(Cc1ccc(C)cn1)c1cc2ccccc2o1. The van der Waals surface area contributed by atoms with Gasteiger partial charge in [-0.3, -0.25) is 4.98 Å². The Labute approximate surface area is 118 Å². The quantitative estimate of drug-likeness (QED) is 0.783. The monoisotopic (exact) mass is 266 g/mol. The van der Waals surface area contributed by atoms with E-state index in [1.807, 2.05) is 38.4 Å². The highest BCUT2D eigenvalue weighted by Gasteiger charge is 2.15. The van der Waals surface area contributed by atoms with Crippen molar-refractivity contribution in [2.75, 3.05) is 7.05 Å². The fraction of sp³-hybridized carbons (Fsp3) is 0.235. The molecule has 3 heteroatoms. The number of hydrogen-bond acceptors (Lipinski definition) is 3. The van der Waals surface area contributed by atoms with E-state index in [9.17, 15) is 0 Å². The van der Waals surface area contributed by atoms with Crippen LogP contribution in [0, 0.1) is 6.92 Å². The van der Waals surface area contributed by atoms with Gasteiger partial charge in [-0.05, 0) is 37.7 Å². The van der Waals surface area contributed by atoms with Gasteiger partial charge in [-0.2, -0.15) is 0 Å². The minimum absolute atomic E-state index is 0.137. The number of nitrogens with one attached hydrogen (secondary N) is 1. The Morgan fingerprint density at radius 2 is 2.05 bits per heavy atom. The van der Waals surface area contributed by atoms with Crippen molar-refractivity contribution < 1.29 is 4.42 Å². The number of aryl methyl sites for hydroxylation is 1. The molecule has 1 atom stereocenters. The molecule has 0 spiro atoms. The summed E-state index contributed by atoms with van der Waals surface area (Å²) in [6.07, 6.45) is 2.72. The molecule has 0 bridgehead atoms. The highest BCUT2D eigenvalue weighted by molar-refractivity contribution is 5.77. The van der Waals surface area contributed by atoms with E-state index in [-0.39, 0.29) is 6.04 Å². The first-order valence-corrected chi connectivity index (χ1v) is 6.83. The minimum atomic E-state index is 0.137. The van der Waals surface area contributed by atoms with Crippen LogP contribution >= 0.6 is 0 Å². The Kier molecular flexibility index (Phi) is 3.52. The summed E-state index contributed by atoms with van der Waals surface area (Å²) in [5, 5.41) is 4.45. The van der Waals surface area contributed by atoms with Gasteiger partial charge < -0.3 is 9.73 Å². The van der Waals surface area contributed by atoms with Gasteiger partial charge in [0.25, 0.3) is 0 Å². The van der Waals surface area contributed by atoms with Crippen molar-refractivity contribution in [2.45, 2.75) is 19.4 Å². The van der Waals surface area contributed by atoms with Crippen LogP contribution in [0.15, 0.2) is 53.1 Å². The van der Waals surface area contributed by atoms with E-state index in [2.05, 4.69) is 34.6 Å². The van der Waals surface area contributed by atoms with Crippen LogP contribution in [0.5, 0.6) is 0 Å². The maximum Gasteiger partial charge on any atom is 0.134 e. The Bertz CT molecular complexity index is 667. The van der Waals surface area contributed by atoms with E-state index in [0.29, 0.717) is 0 Å². The molecule has 3 aromatic rings. The molecule has 2 aromatic heterocycles. The zero-order chi connectivity index (χ0) is 13.9. The highest BCUT2D eigenvalue weighted by atomic mass is 16.3. The van der Waals surface area contributed by atoms with Crippen molar-refractivity contribution in [3.63, 3.8) is 0 Å². The van der Waals surface area contributed by atoms with Crippen molar-refractivity contribution in [3.8, 4) is 0 Å². The first-order valence-electron chi connectivity index (χ1n) is 6.83. The maximum atomic E-state index is 5.93. The lowest BCUT2D eigenvalue weighted by molar-refractivity contribution is 0.448. The minimum Gasteiger partial charge on any atom is -0.459 e. The number of pyridine rings is 1. The summed E-state index contributed by atoms with van der Waals surface area (Å²) in [5.41, 5.74) is 3.17. The number of aromatic nitrogens is 1. The van der Waals surface area contributed by atoms with Gasteiger partial charge >= 0.3 is 0 Å². The molecule has 1 N–H and O–H groups in total. The summed E-state index contributed by atoms with van der Waals surface area (Å²) in [4.78, 5) is 4.46. The van der Waals surface area contributed by atoms with Crippen LogP contribution in [-0.2, 0) is 6.42 Å². The zero-order valence-electron chi connectivity index (χ0n) is 11.8. The second-order valence-corrected chi connectivity index (χ2v) is 5.06. The summed E-state index contributed by atoms with van der Waals surface area (Å²) < 4.78 is 5.93. The van der Waals surface area contributed by atoms with Crippen molar-refractivity contribution in [2.24, 2.45) is 0 Å². The van der Waals surface area contributed by atoms with Crippen LogP contribution in [-0.4, -0.2) is 12.0 Å². The largest absolute Gasteiger partial charge is 0.459 e. The molecule has 0 aliphatic carbocycles. The molecular weight excluding hydrogens is 248 g/mol. The number of benzene rings is 1. The third-order valence-corrected chi connectivity index (χ3v) is 3.52. The number of fused-ring (bicyclic) bond motifs is 1. The summed E-state index contributed by atoms with van der Waals surface area (Å²) in [7, 11) is 1.95. The van der Waals surface area contributed by atoms with Gasteiger partial charge in [0.15, 0.2) is 0 Å². The molecule has 0 aliphatic rings. The molecule has 0 aliphatic heterocycles. The second-order valence-electron chi connectivity index (χ2n) is 5.06. The number of nitrogens with zero attached hydrogens (tertiary/aromatic N) is 1. The Morgan fingerprint density at radius 3 is 2.75 bits per heavy atom. The average molecular weight is 266 g/mol. The maximum absolute atomic E-state index is 5.93. The molecule has 0 fully saturated rings. The molecular formula is C17H18N2O. The molecule has 3 rings (SSSR count). The van der Waals surface area contributed by atoms with Gasteiger partial charge in [0.1, 0.15) is 11.3 Å². The van der Waals surface area contributed by atoms with E-state index in [1.165, 1.54) is 5.56 Å². The Balaban J connectivity index is 1.87.